The van der Waals surface area contributed by atoms with E-state index in [1.54, 1.807) is 18.6 Å². The fourth-order valence-electron chi connectivity index (χ4n) is 2.31. The first-order chi connectivity index (χ1) is 13.6. The number of nitrogens with two attached hydrogens (primary N) is 1. The molecule has 10 heteroatoms. The lowest BCUT2D eigenvalue weighted by Gasteiger charge is -2.13. The Hall–Kier alpha value is -3.40. The molecule has 1 atom stereocenters. The third-order valence-electron chi connectivity index (χ3n) is 3.74. The van der Waals surface area contributed by atoms with Crippen LogP contribution in [0.1, 0.15) is 24.1 Å². The first-order valence-electron chi connectivity index (χ1n) is 8.50. The number of hydrogen-bond donors (Lipinski definition) is 3. The number of hydrogen-bond acceptors (Lipinski definition) is 8. The van der Waals surface area contributed by atoms with Crippen molar-refractivity contribution >= 4 is 29.8 Å². The third-order valence-corrected chi connectivity index (χ3v) is 4.68. The van der Waals surface area contributed by atoms with Crippen molar-refractivity contribution in [3.8, 4) is 0 Å². The molecule has 2 aromatic heterocycles. The van der Waals surface area contributed by atoms with E-state index in [1.807, 2.05) is 49.4 Å². The van der Waals surface area contributed by atoms with E-state index >= 15 is 0 Å². The van der Waals surface area contributed by atoms with Gasteiger partial charge in [0.15, 0.2) is 0 Å². The summed E-state index contributed by atoms with van der Waals surface area (Å²) in [6.07, 6.45) is 4.95. The predicted octanol–water partition coefficient (Wildman–Crippen LogP) is 1.80. The molecule has 0 fully saturated rings. The van der Waals surface area contributed by atoms with Crippen molar-refractivity contribution in [3.05, 3.63) is 66.0 Å². The van der Waals surface area contributed by atoms with Crippen molar-refractivity contribution in [1.29, 1.82) is 0 Å². The topological polar surface area (TPSA) is 123 Å². The molecule has 3 aromatic rings. The lowest BCUT2D eigenvalue weighted by molar-refractivity contribution is -0.119. The van der Waals surface area contributed by atoms with E-state index in [0.29, 0.717) is 5.16 Å². The van der Waals surface area contributed by atoms with Gasteiger partial charge in [-0.25, -0.2) is 10.1 Å². The van der Waals surface area contributed by atoms with E-state index in [1.165, 1.54) is 16.4 Å². The first kappa shape index (κ1) is 19.4. The fraction of sp³-hybridized carbons (Fsp3) is 0.167. The highest BCUT2D eigenvalue weighted by Gasteiger charge is 2.14. The summed E-state index contributed by atoms with van der Waals surface area (Å²) in [5.41, 5.74) is 4.59. The molecular weight excluding hydrogens is 376 g/mol. The second-order valence-corrected chi connectivity index (χ2v) is 6.76. The zero-order valence-corrected chi connectivity index (χ0v) is 16.0. The number of nitrogen functional groups attached to an aromatic ring is 1. The van der Waals surface area contributed by atoms with E-state index in [2.05, 4.69) is 31.0 Å². The van der Waals surface area contributed by atoms with Gasteiger partial charge in [0, 0.05) is 18.0 Å². The standard InChI is InChI=1S/C18H20N8OS/c1-13(15-7-3-2-4-8-15)22-16(27)12-28-18-25-24-17(26(18)19)23-21-11-14-6-5-9-20-10-14/h2-11,13H,12,19H2,1H3,(H,22,27)(H,23,24)/b21-11+. The highest BCUT2D eigenvalue weighted by atomic mass is 32.2. The Bertz CT molecular complexity index is 929. The van der Waals surface area contributed by atoms with Crippen molar-refractivity contribution in [1.82, 2.24) is 25.2 Å². The van der Waals surface area contributed by atoms with Crippen LogP contribution in [0.15, 0.2) is 65.1 Å². The molecule has 28 heavy (non-hydrogen) atoms. The molecule has 0 saturated heterocycles. The maximum Gasteiger partial charge on any atom is 0.264 e. The van der Waals surface area contributed by atoms with Crippen molar-refractivity contribution in [2.24, 2.45) is 5.10 Å². The van der Waals surface area contributed by atoms with Gasteiger partial charge in [0.25, 0.3) is 5.95 Å². The predicted molar refractivity (Wildman–Crippen MR) is 109 cm³/mol. The third kappa shape index (κ3) is 5.30. The van der Waals surface area contributed by atoms with Gasteiger partial charge in [-0.2, -0.15) is 5.10 Å². The Morgan fingerprint density at radius 1 is 1.29 bits per heavy atom. The molecule has 0 saturated carbocycles. The molecule has 0 spiro atoms. The number of aromatic nitrogens is 4. The van der Waals surface area contributed by atoms with Gasteiger partial charge in [0.1, 0.15) is 0 Å². The number of hydrazone groups is 1. The summed E-state index contributed by atoms with van der Waals surface area (Å²) in [5, 5.41) is 15.3. The van der Waals surface area contributed by atoms with Crippen LogP contribution in [0.5, 0.6) is 0 Å². The quantitative estimate of drug-likeness (QED) is 0.230. The van der Waals surface area contributed by atoms with E-state index in [0.717, 1.165) is 11.1 Å². The Balaban J connectivity index is 1.50. The Morgan fingerprint density at radius 2 is 2.11 bits per heavy atom. The molecule has 0 aliphatic heterocycles. The van der Waals surface area contributed by atoms with E-state index in [-0.39, 0.29) is 23.7 Å². The summed E-state index contributed by atoms with van der Waals surface area (Å²) in [4.78, 5) is 16.2. The number of pyridine rings is 1. The SMILES string of the molecule is CC(NC(=O)CSc1nnc(N/N=C/c2cccnc2)n1N)c1ccccc1. The van der Waals surface area contributed by atoms with Crippen LogP contribution < -0.4 is 16.6 Å². The van der Waals surface area contributed by atoms with Crippen LogP contribution in [0.2, 0.25) is 0 Å². The maximum absolute atomic E-state index is 12.2. The minimum Gasteiger partial charge on any atom is -0.349 e. The maximum atomic E-state index is 12.2. The Kier molecular flexibility index (Phi) is 6.58. The van der Waals surface area contributed by atoms with Crippen molar-refractivity contribution in [3.63, 3.8) is 0 Å². The van der Waals surface area contributed by atoms with Crippen molar-refractivity contribution in [2.45, 2.75) is 18.1 Å². The normalized spacial score (nSPS) is 12.0. The highest BCUT2D eigenvalue weighted by Crippen LogP contribution is 2.17. The van der Waals surface area contributed by atoms with Gasteiger partial charge in [-0.3, -0.25) is 9.78 Å². The molecular formula is C18H20N8OS. The molecule has 0 aliphatic carbocycles. The zero-order valence-electron chi connectivity index (χ0n) is 15.2. The smallest absolute Gasteiger partial charge is 0.264 e. The van der Waals surface area contributed by atoms with Crippen LogP contribution >= 0.6 is 11.8 Å². The van der Waals surface area contributed by atoms with E-state index in [9.17, 15) is 4.79 Å². The minimum atomic E-state index is -0.117. The van der Waals surface area contributed by atoms with Crippen molar-refractivity contribution in [2.75, 3.05) is 17.0 Å². The molecule has 1 amide bonds. The molecule has 4 N–H and O–H groups in total. The molecule has 0 aliphatic rings. The molecule has 0 bridgehead atoms. The Morgan fingerprint density at radius 3 is 2.86 bits per heavy atom. The lowest BCUT2D eigenvalue weighted by atomic mass is 10.1. The second-order valence-electron chi connectivity index (χ2n) is 5.82. The number of anilines is 1. The van der Waals surface area contributed by atoms with Crippen LogP contribution in [-0.4, -0.2) is 37.7 Å². The number of benzene rings is 1. The zero-order chi connectivity index (χ0) is 19.8. The minimum absolute atomic E-state index is 0.0795. The monoisotopic (exact) mass is 396 g/mol. The number of amides is 1. The van der Waals surface area contributed by atoms with Crippen LogP contribution in [0.3, 0.4) is 0 Å². The highest BCUT2D eigenvalue weighted by molar-refractivity contribution is 7.99. The number of nitrogens with one attached hydrogen (secondary N) is 2. The summed E-state index contributed by atoms with van der Waals surface area (Å²) in [6, 6.07) is 13.4. The molecule has 144 valence electrons. The summed E-state index contributed by atoms with van der Waals surface area (Å²) in [6.45, 7) is 1.94. The van der Waals surface area contributed by atoms with E-state index in [4.69, 9.17) is 5.84 Å². The van der Waals surface area contributed by atoms with Gasteiger partial charge in [0.2, 0.25) is 11.1 Å². The largest absolute Gasteiger partial charge is 0.349 e. The molecule has 1 unspecified atom stereocenters. The van der Waals surface area contributed by atoms with E-state index < -0.39 is 0 Å². The average Bonchev–Trinajstić information content (AvgIpc) is 3.07. The van der Waals surface area contributed by atoms with Gasteiger partial charge in [-0.1, -0.05) is 48.2 Å². The number of carbonyl (C=O) groups is 1. The number of nitrogens with zero attached hydrogens (tertiary/aromatic N) is 5. The summed E-state index contributed by atoms with van der Waals surface area (Å²) in [5.74, 6) is 6.27. The molecule has 0 radical (unpaired) electrons. The number of thioether (sulfide) groups is 1. The van der Waals surface area contributed by atoms with Crippen molar-refractivity contribution < 1.29 is 4.79 Å². The van der Waals surface area contributed by atoms with Gasteiger partial charge in [-0.05, 0) is 18.6 Å². The van der Waals surface area contributed by atoms with Gasteiger partial charge in [-0.15, -0.1) is 10.2 Å². The first-order valence-corrected chi connectivity index (χ1v) is 9.48. The van der Waals surface area contributed by atoms with Crippen LogP contribution in [0.25, 0.3) is 0 Å². The van der Waals surface area contributed by atoms with Gasteiger partial charge >= 0.3 is 0 Å². The lowest BCUT2D eigenvalue weighted by Crippen LogP contribution is -2.28. The summed E-state index contributed by atoms with van der Waals surface area (Å²) < 4.78 is 1.25. The average molecular weight is 396 g/mol. The molecule has 2 heterocycles. The molecule has 1 aromatic carbocycles. The van der Waals surface area contributed by atoms with Gasteiger partial charge < -0.3 is 11.2 Å². The van der Waals surface area contributed by atoms with Crippen LogP contribution in [0.4, 0.5) is 5.95 Å². The van der Waals surface area contributed by atoms with Crippen LogP contribution in [0, 0.1) is 0 Å². The number of rotatable bonds is 8. The number of carbonyl (C=O) groups excluding carboxylic acids is 1. The summed E-state index contributed by atoms with van der Waals surface area (Å²) >= 11 is 1.19. The Labute approximate surface area is 166 Å². The van der Waals surface area contributed by atoms with Gasteiger partial charge in [0.05, 0.1) is 18.0 Å². The fourth-order valence-corrected chi connectivity index (χ4v) is 2.97. The molecule has 9 nitrogen and oxygen atoms in total. The van der Waals surface area contributed by atoms with Crippen LogP contribution in [-0.2, 0) is 4.79 Å². The second kappa shape index (κ2) is 9.51. The summed E-state index contributed by atoms with van der Waals surface area (Å²) in [7, 11) is 0. The molecule has 3 rings (SSSR count).